The lowest BCUT2D eigenvalue weighted by Gasteiger charge is -2.05. The standard InChI is InChI=1S/C11H14FN5O2S/c1-2-20(18,19)6-5-17-11(14-15-16-17)8-3-4-9(12)10(13)7-8/h3-4,7H,2,5-6,13H2,1H3. The molecule has 1 aromatic heterocycles. The van der Waals surface area contributed by atoms with Gasteiger partial charge in [0.2, 0.25) is 0 Å². The van der Waals surface area contributed by atoms with Gasteiger partial charge in [-0.05, 0) is 28.6 Å². The third-order valence-corrected chi connectivity index (χ3v) is 4.52. The molecule has 0 saturated heterocycles. The van der Waals surface area contributed by atoms with Crippen molar-refractivity contribution in [3.63, 3.8) is 0 Å². The van der Waals surface area contributed by atoms with Gasteiger partial charge in [-0.3, -0.25) is 0 Å². The predicted octanol–water partition coefficient (Wildman–Crippen LogP) is 0.496. The van der Waals surface area contributed by atoms with E-state index in [0.29, 0.717) is 11.4 Å². The zero-order valence-corrected chi connectivity index (χ0v) is 11.6. The van der Waals surface area contributed by atoms with E-state index in [1.807, 2.05) is 0 Å². The average Bonchev–Trinajstić information content (AvgIpc) is 2.88. The molecule has 20 heavy (non-hydrogen) atoms. The molecule has 2 rings (SSSR count). The molecule has 0 aliphatic heterocycles. The molecular weight excluding hydrogens is 285 g/mol. The van der Waals surface area contributed by atoms with E-state index >= 15 is 0 Å². The fourth-order valence-corrected chi connectivity index (χ4v) is 2.35. The van der Waals surface area contributed by atoms with Gasteiger partial charge in [0.15, 0.2) is 15.7 Å². The van der Waals surface area contributed by atoms with Crippen molar-refractivity contribution < 1.29 is 12.8 Å². The number of sulfone groups is 1. The summed E-state index contributed by atoms with van der Waals surface area (Å²) < 4.78 is 37.5. The number of rotatable bonds is 5. The summed E-state index contributed by atoms with van der Waals surface area (Å²) in [5.74, 6) is -0.170. The molecule has 7 nitrogen and oxygen atoms in total. The van der Waals surface area contributed by atoms with Crippen LogP contribution in [0.5, 0.6) is 0 Å². The van der Waals surface area contributed by atoms with E-state index in [-0.39, 0.29) is 23.7 Å². The van der Waals surface area contributed by atoms with E-state index in [1.54, 1.807) is 6.92 Å². The molecular formula is C11H14FN5O2S. The van der Waals surface area contributed by atoms with E-state index in [9.17, 15) is 12.8 Å². The largest absolute Gasteiger partial charge is 0.396 e. The molecule has 0 unspecified atom stereocenters. The number of nitrogens with zero attached hydrogens (tertiary/aromatic N) is 4. The molecule has 1 aromatic carbocycles. The normalized spacial score (nSPS) is 11.7. The van der Waals surface area contributed by atoms with Gasteiger partial charge >= 0.3 is 0 Å². The highest BCUT2D eigenvalue weighted by molar-refractivity contribution is 7.91. The number of benzene rings is 1. The molecule has 2 N–H and O–H groups in total. The predicted molar refractivity (Wildman–Crippen MR) is 72.0 cm³/mol. The lowest BCUT2D eigenvalue weighted by Crippen LogP contribution is -2.16. The van der Waals surface area contributed by atoms with Crippen LogP contribution in [0.3, 0.4) is 0 Å². The summed E-state index contributed by atoms with van der Waals surface area (Å²) in [5.41, 5.74) is 6.01. The Morgan fingerprint density at radius 1 is 1.40 bits per heavy atom. The van der Waals surface area contributed by atoms with Gasteiger partial charge in [0.05, 0.1) is 18.0 Å². The summed E-state index contributed by atoms with van der Waals surface area (Å²) in [4.78, 5) is 0. The maximum atomic E-state index is 13.1. The molecule has 0 aliphatic carbocycles. The zero-order valence-electron chi connectivity index (χ0n) is 10.8. The Hall–Kier alpha value is -2.03. The molecule has 0 fully saturated rings. The highest BCUT2D eigenvalue weighted by atomic mass is 32.2. The third-order valence-electron chi connectivity index (χ3n) is 2.84. The summed E-state index contributed by atoms with van der Waals surface area (Å²) in [5, 5.41) is 11.1. The van der Waals surface area contributed by atoms with Gasteiger partial charge in [-0.15, -0.1) is 5.10 Å². The first kappa shape index (κ1) is 14.4. The minimum Gasteiger partial charge on any atom is -0.396 e. The topological polar surface area (TPSA) is 104 Å². The minimum absolute atomic E-state index is 0.0155. The van der Waals surface area contributed by atoms with Gasteiger partial charge in [-0.25, -0.2) is 17.5 Å². The Morgan fingerprint density at radius 2 is 2.15 bits per heavy atom. The summed E-state index contributed by atoms with van der Waals surface area (Å²) in [6, 6.07) is 4.11. The molecule has 0 radical (unpaired) electrons. The fraction of sp³-hybridized carbons (Fsp3) is 0.364. The molecule has 9 heteroatoms. The molecule has 108 valence electrons. The van der Waals surface area contributed by atoms with Crippen molar-refractivity contribution in [1.82, 2.24) is 20.2 Å². The number of aryl methyl sites for hydroxylation is 1. The van der Waals surface area contributed by atoms with Crippen LogP contribution in [-0.2, 0) is 16.4 Å². The lowest BCUT2D eigenvalue weighted by atomic mass is 10.2. The summed E-state index contributed by atoms with van der Waals surface area (Å²) in [6.45, 7) is 1.71. The number of hydrogen-bond acceptors (Lipinski definition) is 6. The number of tetrazole rings is 1. The first-order chi connectivity index (χ1) is 9.43. The second-order valence-electron chi connectivity index (χ2n) is 4.20. The van der Waals surface area contributed by atoms with Gasteiger partial charge in [-0.2, -0.15) is 0 Å². The monoisotopic (exact) mass is 299 g/mol. The maximum absolute atomic E-state index is 13.1. The van der Waals surface area contributed by atoms with Crippen molar-refractivity contribution in [2.24, 2.45) is 0 Å². The van der Waals surface area contributed by atoms with E-state index in [1.165, 1.54) is 22.9 Å². The Balaban J connectivity index is 2.26. The lowest BCUT2D eigenvalue weighted by molar-refractivity contribution is 0.577. The summed E-state index contributed by atoms with van der Waals surface area (Å²) in [7, 11) is -3.11. The van der Waals surface area contributed by atoms with Crippen molar-refractivity contribution in [1.29, 1.82) is 0 Å². The molecule has 1 heterocycles. The number of halogens is 1. The van der Waals surface area contributed by atoms with E-state index in [0.717, 1.165) is 0 Å². The van der Waals surface area contributed by atoms with E-state index < -0.39 is 15.7 Å². The van der Waals surface area contributed by atoms with E-state index in [2.05, 4.69) is 15.5 Å². The Labute approximate surface area is 115 Å². The number of nitrogen functional groups attached to an aromatic ring is 1. The summed E-state index contributed by atoms with van der Waals surface area (Å²) >= 11 is 0. The van der Waals surface area contributed by atoms with Crippen molar-refractivity contribution in [3.05, 3.63) is 24.0 Å². The number of aromatic nitrogens is 4. The van der Waals surface area contributed by atoms with Crippen LogP contribution in [0.25, 0.3) is 11.4 Å². The van der Waals surface area contributed by atoms with Crippen molar-refractivity contribution in [2.75, 3.05) is 17.2 Å². The molecule has 2 aromatic rings. The van der Waals surface area contributed by atoms with Crippen LogP contribution in [0, 0.1) is 5.82 Å². The first-order valence-corrected chi connectivity index (χ1v) is 7.77. The van der Waals surface area contributed by atoms with Crippen molar-refractivity contribution in [3.8, 4) is 11.4 Å². The number of nitrogens with two attached hydrogens (primary N) is 1. The second-order valence-corrected chi connectivity index (χ2v) is 6.67. The first-order valence-electron chi connectivity index (χ1n) is 5.95. The van der Waals surface area contributed by atoms with Gasteiger partial charge in [0.25, 0.3) is 0 Å². The highest BCUT2D eigenvalue weighted by Gasteiger charge is 2.14. The third kappa shape index (κ3) is 3.10. The molecule has 0 bridgehead atoms. The summed E-state index contributed by atoms with van der Waals surface area (Å²) in [6.07, 6.45) is 0. The van der Waals surface area contributed by atoms with Crippen LogP contribution in [0.15, 0.2) is 18.2 Å². The molecule has 0 spiro atoms. The molecule has 0 saturated carbocycles. The van der Waals surface area contributed by atoms with Crippen LogP contribution in [0.2, 0.25) is 0 Å². The van der Waals surface area contributed by atoms with Gasteiger partial charge in [0.1, 0.15) is 5.82 Å². The smallest absolute Gasteiger partial charge is 0.182 e. The Morgan fingerprint density at radius 3 is 2.80 bits per heavy atom. The van der Waals surface area contributed by atoms with Crippen molar-refractivity contribution >= 4 is 15.5 Å². The molecule has 0 atom stereocenters. The highest BCUT2D eigenvalue weighted by Crippen LogP contribution is 2.20. The SMILES string of the molecule is CCS(=O)(=O)CCn1nnnc1-c1ccc(F)c(N)c1. The molecule has 0 aliphatic rings. The number of anilines is 1. The van der Waals surface area contributed by atoms with Crippen LogP contribution in [0.4, 0.5) is 10.1 Å². The maximum Gasteiger partial charge on any atom is 0.182 e. The number of hydrogen-bond donors (Lipinski definition) is 1. The minimum atomic E-state index is -3.11. The quantitative estimate of drug-likeness (QED) is 0.806. The van der Waals surface area contributed by atoms with E-state index in [4.69, 9.17) is 5.73 Å². The van der Waals surface area contributed by atoms with Crippen LogP contribution >= 0.6 is 0 Å². The van der Waals surface area contributed by atoms with Gasteiger partial charge in [-0.1, -0.05) is 6.92 Å². The zero-order chi connectivity index (χ0) is 14.8. The molecule has 0 amide bonds. The Bertz CT molecular complexity index is 713. The van der Waals surface area contributed by atoms with Crippen LogP contribution < -0.4 is 5.73 Å². The fourth-order valence-electron chi connectivity index (χ4n) is 1.61. The Kier molecular flexibility index (Phi) is 3.98. The second kappa shape index (κ2) is 5.53. The van der Waals surface area contributed by atoms with Gasteiger partial charge < -0.3 is 5.73 Å². The van der Waals surface area contributed by atoms with Crippen LogP contribution in [-0.4, -0.2) is 40.1 Å². The van der Waals surface area contributed by atoms with Crippen LogP contribution in [0.1, 0.15) is 6.92 Å². The van der Waals surface area contributed by atoms with Crippen molar-refractivity contribution in [2.45, 2.75) is 13.5 Å². The van der Waals surface area contributed by atoms with Gasteiger partial charge in [0, 0.05) is 11.3 Å². The average molecular weight is 299 g/mol.